The number of hydrogen-bond acceptors (Lipinski definition) is 2. The molecule has 1 saturated heterocycles. The van der Waals surface area contributed by atoms with Crippen LogP contribution >= 0.6 is 0 Å². The van der Waals surface area contributed by atoms with E-state index in [1.165, 1.54) is 12.8 Å². The monoisotopic (exact) mass is 285 g/mol. The van der Waals surface area contributed by atoms with Crippen molar-refractivity contribution in [2.24, 2.45) is 5.92 Å². The third kappa shape index (κ3) is 3.27. The summed E-state index contributed by atoms with van der Waals surface area (Å²) in [5.41, 5.74) is 2.18. The predicted molar refractivity (Wildman–Crippen MR) is 85.2 cm³/mol. The predicted octanol–water partition coefficient (Wildman–Crippen LogP) is 2.17. The Hall–Kier alpha value is -1.81. The highest BCUT2D eigenvalue weighted by Gasteiger charge is 2.18. The lowest BCUT2D eigenvalue weighted by atomic mass is 9.99. The SMILES string of the molecule is CN(CC1CCCNC1)C(=O)Cc1c[nH]c2ccccc12. The van der Waals surface area contributed by atoms with Crippen molar-refractivity contribution in [1.82, 2.24) is 15.2 Å². The highest BCUT2D eigenvalue weighted by atomic mass is 16.2. The summed E-state index contributed by atoms with van der Waals surface area (Å²) in [4.78, 5) is 17.5. The molecular formula is C17H23N3O. The van der Waals surface area contributed by atoms with Crippen LogP contribution in [-0.2, 0) is 11.2 Å². The number of aromatic amines is 1. The minimum atomic E-state index is 0.199. The Bertz CT molecular complexity index is 613. The lowest BCUT2D eigenvalue weighted by molar-refractivity contribution is -0.129. The molecular weight excluding hydrogens is 262 g/mol. The topological polar surface area (TPSA) is 48.1 Å². The average Bonchev–Trinajstić information content (AvgIpc) is 2.91. The van der Waals surface area contributed by atoms with E-state index in [-0.39, 0.29) is 5.91 Å². The van der Waals surface area contributed by atoms with Crippen molar-refractivity contribution in [3.05, 3.63) is 36.0 Å². The second-order valence-corrected chi connectivity index (χ2v) is 6.02. The summed E-state index contributed by atoms with van der Waals surface area (Å²) in [7, 11) is 1.92. The second kappa shape index (κ2) is 6.31. The number of carbonyl (C=O) groups excluding carboxylic acids is 1. The summed E-state index contributed by atoms with van der Waals surface area (Å²) in [5.74, 6) is 0.793. The van der Waals surface area contributed by atoms with Crippen LogP contribution in [-0.4, -0.2) is 42.5 Å². The van der Waals surface area contributed by atoms with Gasteiger partial charge in [0.25, 0.3) is 0 Å². The number of carbonyl (C=O) groups is 1. The molecule has 1 atom stereocenters. The second-order valence-electron chi connectivity index (χ2n) is 6.02. The standard InChI is InChI=1S/C17H23N3O/c1-20(12-13-5-4-8-18-10-13)17(21)9-14-11-19-16-7-3-2-6-15(14)16/h2-3,6-7,11,13,18-19H,4-5,8-10,12H2,1H3. The molecule has 0 saturated carbocycles. The molecule has 0 radical (unpaired) electrons. The number of nitrogens with one attached hydrogen (secondary N) is 2. The summed E-state index contributed by atoms with van der Waals surface area (Å²) in [6, 6.07) is 8.13. The quantitative estimate of drug-likeness (QED) is 0.904. The lowest BCUT2D eigenvalue weighted by Crippen LogP contribution is -2.39. The molecule has 21 heavy (non-hydrogen) atoms. The molecule has 2 aromatic rings. The summed E-state index contributed by atoms with van der Waals surface area (Å²) in [5, 5.41) is 4.56. The fourth-order valence-electron chi connectivity index (χ4n) is 3.14. The number of piperidine rings is 1. The van der Waals surface area contributed by atoms with Gasteiger partial charge >= 0.3 is 0 Å². The number of para-hydroxylation sites is 1. The molecule has 4 heteroatoms. The van der Waals surface area contributed by atoms with Crippen LogP contribution in [0, 0.1) is 5.92 Å². The minimum Gasteiger partial charge on any atom is -0.361 e. The van der Waals surface area contributed by atoms with Crippen LogP contribution in [0.25, 0.3) is 10.9 Å². The summed E-state index contributed by atoms with van der Waals surface area (Å²) < 4.78 is 0. The highest BCUT2D eigenvalue weighted by molar-refractivity contribution is 5.88. The molecule has 1 aromatic heterocycles. The molecule has 1 aromatic carbocycles. The summed E-state index contributed by atoms with van der Waals surface area (Å²) in [6.07, 6.45) is 4.87. The zero-order valence-corrected chi connectivity index (χ0v) is 12.6. The normalized spacial score (nSPS) is 18.8. The van der Waals surface area contributed by atoms with Crippen LogP contribution in [0.5, 0.6) is 0 Å². The third-order valence-electron chi connectivity index (χ3n) is 4.37. The van der Waals surface area contributed by atoms with Crippen LogP contribution in [0.15, 0.2) is 30.5 Å². The van der Waals surface area contributed by atoms with Gasteiger partial charge in [0.15, 0.2) is 0 Å². The van der Waals surface area contributed by atoms with Gasteiger partial charge in [0.1, 0.15) is 0 Å². The first-order valence-electron chi connectivity index (χ1n) is 7.73. The van der Waals surface area contributed by atoms with E-state index in [4.69, 9.17) is 0 Å². The van der Waals surface area contributed by atoms with E-state index in [1.807, 2.05) is 36.3 Å². The lowest BCUT2D eigenvalue weighted by Gasteiger charge is -2.27. The van der Waals surface area contributed by atoms with Gasteiger partial charge in [-0.3, -0.25) is 4.79 Å². The highest BCUT2D eigenvalue weighted by Crippen LogP contribution is 2.19. The van der Waals surface area contributed by atoms with E-state index in [0.29, 0.717) is 12.3 Å². The number of benzene rings is 1. The van der Waals surface area contributed by atoms with Crippen molar-refractivity contribution < 1.29 is 4.79 Å². The number of hydrogen-bond donors (Lipinski definition) is 2. The molecule has 3 rings (SSSR count). The Labute approximate surface area is 125 Å². The maximum Gasteiger partial charge on any atom is 0.226 e. The smallest absolute Gasteiger partial charge is 0.226 e. The van der Waals surface area contributed by atoms with Crippen molar-refractivity contribution in [2.75, 3.05) is 26.7 Å². The first-order valence-corrected chi connectivity index (χ1v) is 7.73. The van der Waals surface area contributed by atoms with Crippen molar-refractivity contribution in [3.63, 3.8) is 0 Å². The molecule has 1 fully saturated rings. The van der Waals surface area contributed by atoms with Gasteiger partial charge in [-0.15, -0.1) is 0 Å². The van der Waals surface area contributed by atoms with Crippen LogP contribution in [0.3, 0.4) is 0 Å². The van der Waals surface area contributed by atoms with Crippen molar-refractivity contribution in [1.29, 1.82) is 0 Å². The molecule has 1 amide bonds. The van der Waals surface area contributed by atoms with Gasteiger partial charge in [0.05, 0.1) is 6.42 Å². The Balaban J connectivity index is 1.62. The third-order valence-corrected chi connectivity index (χ3v) is 4.37. The van der Waals surface area contributed by atoms with Crippen LogP contribution in [0.4, 0.5) is 0 Å². The molecule has 1 unspecified atom stereocenters. The number of fused-ring (bicyclic) bond motifs is 1. The number of rotatable bonds is 4. The Morgan fingerprint density at radius 2 is 2.24 bits per heavy atom. The molecule has 0 aliphatic carbocycles. The number of nitrogens with zero attached hydrogens (tertiary/aromatic N) is 1. The van der Waals surface area contributed by atoms with E-state index in [9.17, 15) is 4.79 Å². The maximum atomic E-state index is 12.4. The number of H-pyrrole nitrogens is 1. The number of amides is 1. The fourth-order valence-corrected chi connectivity index (χ4v) is 3.14. The molecule has 2 heterocycles. The van der Waals surface area contributed by atoms with Crippen molar-refractivity contribution >= 4 is 16.8 Å². The van der Waals surface area contributed by atoms with Crippen molar-refractivity contribution in [2.45, 2.75) is 19.3 Å². The maximum absolute atomic E-state index is 12.4. The first kappa shape index (κ1) is 14.1. The van der Waals surface area contributed by atoms with Crippen LogP contribution in [0.2, 0.25) is 0 Å². The Morgan fingerprint density at radius 1 is 1.38 bits per heavy atom. The molecule has 4 nitrogen and oxygen atoms in total. The van der Waals surface area contributed by atoms with Gasteiger partial charge in [0, 0.05) is 30.7 Å². The molecule has 1 aliphatic rings. The van der Waals surface area contributed by atoms with Gasteiger partial charge in [-0.1, -0.05) is 18.2 Å². The van der Waals surface area contributed by atoms with Gasteiger partial charge in [-0.05, 0) is 43.5 Å². The summed E-state index contributed by atoms with van der Waals surface area (Å²) in [6.45, 7) is 3.00. The van der Waals surface area contributed by atoms with Crippen molar-refractivity contribution in [3.8, 4) is 0 Å². The largest absolute Gasteiger partial charge is 0.361 e. The molecule has 1 aliphatic heterocycles. The van der Waals surface area contributed by atoms with Gasteiger partial charge in [-0.25, -0.2) is 0 Å². The number of likely N-dealkylation sites (N-methyl/N-ethyl adjacent to an activating group) is 1. The van der Waals surface area contributed by atoms with Gasteiger partial charge < -0.3 is 15.2 Å². The van der Waals surface area contributed by atoms with Gasteiger partial charge in [-0.2, -0.15) is 0 Å². The zero-order valence-electron chi connectivity index (χ0n) is 12.6. The van der Waals surface area contributed by atoms with E-state index < -0.39 is 0 Å². The molecule has 2 N–H and O–H groups in total. The number of aromatic nitrogens is 1. The summed E-state index contributed by atoms with van der Waals surface area (Å²) >= 11 is 0. The van der Waals surface area contributed by atoms with E-state index in [2.05, 4.69) is 16.4 Å². The first-order chi connectivity index (χ1) is 10.2. The van der Waals surface area contributed by atoms with Crippen LogP contribution in [0.1, 0.15) is 18.4 Å². The molecule has 112 valence electrons. The van der Waals surface area contributed by atoms with E-state index in [1.54, 1.807) is 0 Å². The molecule has 0 bridgehead atoms. The van der Waals surface area contributed by atoms with E-state index in [0.717, 1.165) is 36.1 Å². The minimum absolute atomic E-state index is 0.199. The van der Waals surface area contributed by atoms with Crippen LogP contribution < -0.4 is 5.32 Å². The molecule has 0 spiro atoms. The van der Waals surface area contributed by atoms with E-state index >= 15 is 0 Å². The zero-order chi connectivity index (χ0) is 14.7. The fraction of sp³-hybridized carbons (Fsp3) is 0.471. The van der Waals surface area contributed by atoms with Gasteiger partial charge in [0.2, 0.25) is 5.91 Å². The Kier molecular flexibility index (Phi) is 4.25. The average molecular weight is 285 g/mol. The Morgan fingerprint density at radius 3 is 3.05 bits per heavy atom.